The second-order valence-electron chi connectivity index (χ2n) is 3.68. The van der Waals surface area contributed by atoms with E-state index in [0.29, 0.717) is 18.3 Å². The molecule has 17 heavy (non-hydrogen) atoms. The van der Waals surface area contributed by atoms with E-state index in [1.807, 2.05) is 11.4 Å². The first kappa shape index (κ1) is 11.6. The lowest BCUT2D eigenvalue weighted by molar-refractivity contribution is 0.0734. The first-order valence-electron chi connectivity index (χ1n) is 5.22. The molecule has 1 atom stereocenters. The summed E-state index contributed by atoms with van der Waals surface area (Å²) >= 11 is 3.94. The smallest absolute Gasteiger partial charge is 0.258 e. The highest BCUT2D eigenvalue weighted by Crippen LogP contribution is 2.26. The third kappa shape index (κ3) is 2.51. The largest absolute Gasteiger partial charge is 0.378 e. The molecular weight excluding hydrogens is 353 g/mol. The van der Waals surface area contributed by atoms with Crippen molar-refractivity contribution in [3.63, 3.8) is 0 Å². The van der Waals surface area contributed by atoms with E-state index in [2.05, 4.69) is 38.0 Å². The van der Waals surface area contributed by atoms with Crippen LogP contribution in [0.25, 0.3) is 11.5 Å². The molecule has 2 aromatic heterocycles. The van der Waals surface area contributed by atoms with Gasteiger partial charge in [-0.25, -0.2) is 0 Å². The molecule has 3 heterocycles. The Morgan fingerprint density at radius 2 is 2.47 bits per heavy atom. The highest BCUT2D eigenvalue weighted by molar-refractivity contribution is 14.1. The van der Waals surface area contributed by atoms with Gasteiger partial charge < -0.3 is 14.6 Å². The van der Waals surface area contributed by atoms with Crippen molar-refractivity contribution < 1.29 is 9.26 Å². The zero-order valence-electron chi connectivity index (χ0n) is 8.85. The molecule has 1 aliphatic heterocycles. The Kier molecular flexibility index (Phi) is 3.41. The number of hydrogen-bond donors (Lipinski definition) is 1. The van der Waals surface area contributed by atoms with E-state index >= 15 is 0 Å². The Hall–Kier alpha value is -0.510. The number of aromatic nitrogens is 2. The fourth-order valence-corrected chi connectivity index (χ4v) is 2.97. The van der Waals surface area contributed by atoms with Gasteiger partial charge in [0.2, 0.25) is 0 Å². The molecule has 0 bridgehead atoms. The minimum atomic E-state index is 0.0407. The molecule has 0 aromatic carbocycles. The molecule has 5 nitrogen and oxygen atoms in total. The van der Waals surface area contributed by atoms with Gasteiger partial charge in [0.05, 0.1) is 27.7 Å². The van der Waals surface area contributed by atoms with Crippen LogP contribution in [-0.4, -0.2) is 29.9 Å². The van der Waals surface area contributed by atoms with Gasteiger partial charge >= 0.3 is 0 Å². The Morgan fingerprint density at radius 1 is 1.53 bits per heavy atom. The molecule has 0 amide bonds. The number of thiophene rings is 1. The molecule has 0 spiro atoms. The van der Waals surface area contributed by atoms with Gasteiger partial charge in [-0.3, -0.25) is 0 Å². The van der Waals surface area contributed by atoms with Crippen LogP contribution in [0.15, 0.2) is 16.0 Å². The lowest BCUT2D eigenvalue weighted by atomic mass is 10.2. The van der Waals surface area contributed by atoms with Crippen molar-refractivity contribution in [3.8, 4) is 11.5 Å². The van der Waals surface area contributed by atoms with Gasteiger partial charge in [-0.1, -0.05) is 5.16 Å². The summed E-state index contributed by atoms with van der Waals surface area (Å²) in [4.78, 5) is 4.40. The van der Waals surface area contributed by atoms with E-state index in [1.165, 1.54) is 2.88 Å². The molecule has 7 heteroatoms. The maximum absolute atomic E-state index is 5.37. The van der Waals surface area contributed by atoms with E-state index < -0.39 is 0 Å². The lowest BCUT2D eigenvalue weighted by Crippen LogP contribution is -2.35. The Balaban J connectivity index is 1.82. The summed E-state index contributed by atoms with van der Waals surface area (Å²) in [6, 6.07) is 2.08. The second kappa shape index (κ2) is 5.01. The first-order chi connectivity index (χ1) is 8.33. The zero-order valence-corrected chi connectivity index (χ0v) is 11.8. The highest BCUT2D eigenvalue weighted by Gasteiger charge is 2.21. The van der Waals surface area contributed by atoms with Crippen LogP contribution in [0, 0.1) is 2.88 Å². The van der Waals surface area contributed by atoms with E-state index in [0.717, 1.165) is 18.7 Å². The lowest BCUT2D eigenvalue weighted by Gasteiger charge is -2.20. The Morgan fingerprint density at radius 3 is 3.18 bits per heavy atom. The molecular formula is C10H10IN3O2S. The Bertz CT molecular complexity index is 507. The molecule has 1 N–H and O–H groups in total. The molecule has 1 fully saturated rings. The molecule has 0 radical (unpaired) electrons. The predicted molar refractivity (Wildman–Crippen MR) is 71.9 cm³/mol. The zero-order chi connectivity index (χ0) is 11.7. The number of rotatable bonds is 2. The van der Waals surface area contributed by atoms with Crippen LogP contribution in [0.1, 0.15) is 11.9 Å². The van der Waals surface area contributed by atoms with Gasteiger partial charge in [0.1, 0.15) is 0 Å². The van der Waals surface area contributed by atoms with Gasteiger partial charge in [0.15, 0.2) is 5.82 Å². The minimum absolute atomic E-state index is 0.0407. The number of halogens is 1. The predicted octanol–water partition coefficient (Wildman–Crippen LogP) is 2.06. The molecule has 1 aliphatic rings. The maximum Gasteiger partial charge on any atom is 0.258 e. The van der Waals surface area contributed by atoms with Crippen molar-refractivity contribution in [1.82, 2.24) is 15.5 Å². The standard InChI is InChI=1S/C10H10IN3O2S/c11-8-3-6(5-17-8)10-13-9(14-16-10)7-4-15-2-1-12-7/h3,5,7,12H,1-2,4H2. The first-order valence-corrected chi connectivity index (χ1v) is 7.18. The van der Waals surface area contributed by atoms with E-state index in [4.69, 9.17) is 9.26 Å². The minimum Gasteiger partial charge on any atom is -0.378 e. The van der Waals surface area contributed by atoms with Crippen molar-refractivity contribution >= 4 is 33.9 Å². The van der Waals surface area contributed by atoms with E-state index in [9.17, 15) is 0 Å². The molecule has 3 rings (SSSR count). The van der Waals surface area contributed by atoms with Crippen LogP contribution < -0.4 is 5.32 Å². The normalized spacial score (nSPS) is 20.6. The molecule has 90 valence electrons. The molecule has 0 aliphatic carbocycles. The Labute approximate surface area is 116 Å². The van der Waals surface area contributed by atoms with Crippen LogP contribution in [0.2, 0.25) is 0 Å². The average molecular weight is 363 g/mol. The van der Waals surface area contributed by atoms with Gasteiger partial charge in [-0.05, 0) is 28.7 Å². The van der Waals surface area contributed by atoms with E-state index in [1.54, 1.807) is 11.3 Å². The van der Waals surface area contributed by atoms with Gasteiger partial charge in [-0.15, -0.1) is 11.3 Å². The molecule has 0 saturated carbocycles. The summed E-state index contributed by atoms with van der Waals surface area (Å²) in [6.45, 7) is 2.16. The summed E-state index contributed by atoms with van der Waals surface area (Å²) < 4.78 is 11.8. The van der Waals surface area contributed by atoms with Crippen LogP contribution in [0.4, 0.5) is 0 Å². The van der Waals surface area contributed by atoms with Crippen LogP contribution in [0.5, 0.6) is 0 Å². The number of hydrogen-bond acceptors (Lipinski definition) is 6. The third-order valence-corrected chi connectivity index (χ3v) is 4.28. The third-order valence-electron chi connectivity index (χ3n) is 2.49. The summed E-state index contributed by atoms with van der Waals surface area (Å²) in [7, 11) is 0. The molecule has 1 unspecified atom stereocenters. The van der Waals surface area contributed by atoms with Crippen molar-refractivity contribution in [2.75, 3.05) is 19.8 Å². The van der Waals surface area contributed by atoms with Crippen molar-refractivity contribution in [2.45, 2.75) is 6.04 Å². The van der Waals surface area contributed by atoms with Crippen LogP contribution >= 0.6 is 33.9 Å². The van der Waals surface area contributed by atoms with Crippen LogP contribution in [-0.2, 0) is 4.74 Å². The summed E-state index contributed by atoms with van der Waals surface area (Å²) in [5, 5.41) is 9.31. The van der Waals surface area contributed by atoms with Crippen molar-refractivity contribution in [3.05, 3.63) is 20.2 Å². The number of ether oxygens (including phenoxy) is 1. The van der Waals surface area contributed by atoms with Crippen molar-refractivity contribution in [1.29, 1.82) is 0 Å². The maximum atomic E-state index is 5.37. The van der Waals surface area contributed by atoms with E-state index in [-0.39, 0.29) is 6.04 Å². The highest BCUT2D eigenvalue weighted by atomic mass is 127. The monoisotopic (exact) mass is 363 g/mol. The van der Waals surface area contributed by atoms with Gasteiger partial charge in [-0.2, -0.15) is 4.98 Å². The average Bonchev–Trinajstić information content (AvgIpc) is 2.98. The fraction of sp³-hybridized carbons (Fsp3) is 0.400. The van der Waals surface area contributed by atoms with Crippen LogP contribution in [0.3, 0.4) is 0 Å². The number of morpholine rings is 1. The fourth-order valence-electron chi connectivity index (χ4n) is 1.65. The number of nitrogens with zero attached hydrogens (tertiary/aromatic N) is 2. The van der Waals surface area contributed by atoms with Crippen molar-refractivity contribution in [2.24, 2.45) is 0 Å². The summed E-state index contributed by atoms with van der Waals surface area (Å²) in [6.07, 6.45) is 0. The molecule has 2 aromatic rings. The topological polar surface area (TPSA) is 60.2 Å². The van der Waals surface area contributed by atoms with Gasteiger partial charge in [0, 0.05) is 11.9 Å². The SMILES string of the molecule is Ic1cc(-c2nc(C3COCCN3)no2)cs1. The quantitative estimate of drug-likeness (QED) is 0.828. The number of nitrogens with one attached hydrogen (secondary N) is 1. The second-order valence-corrected chi connectivity index (χ2v) is 6.48. The van der Waals surface area contributed by atoms with Gasteiger partial charge in [0.25, 0.3) is 5.89 Å². The summed E-state index contributed by atoms with van der Waals surface area (Å²) in [5.41, 5.74) is 0.981. The molecule has 1 saturated heterocycles. The summed E-state index contributed by atoms with van der Waals surface area (Å²) in [5.74, 6) is 1.24.